The molecule has 1 fully saturated rings. The van der Waals surface area contributed by atoms with Gasteiger partial charge in [0.2, 0.25) is 0 Å². The summed E-state index contributed by atoms with van der Waals surface area (Å²) in [5.74, 6) is 1.65. The van der Waals surface area contributed by atoms with E-state index in [1.54, 1.807) is 0 Å². The van der Waals surface area contributed by atoms with Gasteiger partial charge in [-0.15, -0.1) is 10.2 Å². The summed E-state index contributed by atoms with van der Waals surface area (Å²) in [4.78, 5) is 9.77. The Balaban J connectivity index is 1.53. The third-order valence-corrected chi connectivity index (χ3v) is 4.31. The molecule has 0 saturated carbocycles. The van der Waals surface area contributed by atoms with Crippen molar-refractivity contribution in [1.29, 1.82) is 0 Å². The zero-order valence-electron chi connectivity index (χ0n) is 14.7. The van der Waals surface area contributed by atoms with Gasteiger partial charge in [-0.05, 0) is 23.8 Å². The van der Waals surface area contributed by atoms with Crippen LogP contribution in [0.2, 0.25) is 0 Å². The highest BCUT2D eigenvalue weighted by atomic mass is 19.4. The van der Waals surface area contributed by atoms with Crippen LogP contribution in [0, 0.1) is 0 Å². The Bertz CT molecular complexity index is 707. The van der Waals surface area contributed by atoms with Gasteiger partial charge < -0.3 is 9.80 Å². The van der Waals surface area contributed by atoms with Crippen molar-refractivity contribution >= 4 is 11.6 Å². The third kappa shape index (κ3) is 4.40. The van der Waals surface area contributed by atoms with Gasteiger partial charge in [0.15, 0.2) is 11.6 Å². The standard InChI is InChI=1S/C17H21F3N6/c1-24(2)15-5-6-16(23-22-15)26-9-7-25(8-10-26)12-13-3-4-14(21-11-13)17(18,19)20/h3-6,11H,7-10,12H2,1-2H3. The molecule has 0 aromatic carbocycles. The number of alkyl halides is 3. The summed E-state index contributed by atoms with van der Waals surface area (Å²) >= 11 is 0. The van der Waals surface area contributed by atoms with Crippen LogP contribution in [-0.4, -0.2) is 60.4 Å². The van der Waals surface area contributed by atoms with Gasteiger partial charge in [0.25, 0.3) is 0 Å². The number of hydrogen-bond donors (Lipinski definition) is 0. The molecular formula is C17H21F3N6. The molecule has 2 aromatic heterocycles. The molecule has 2 aromatic rings. The number of halogens is 3. The van der Waals surface area contributed by atoms with Gasteiger partial charge in [-0.25, -0.2) is 0 Å². The predicted molar refractivity (Wildman–Crippen MR) is 93.1 cm³/mol. The summed E-state index contributed by atoms with van der Waals surface area (Å²) in [6.45, 7) is 3.79. The maximum atomic E-state index is 12.6. The SMILES string of the molecule is CN(C)c1ccc(N2CCN(Cc3ccc(C(F)(F)F)nc3)CC2)nn1. The van der Waals surface area contributed by atoms with E-state index in [2.05, 4.69) is 25.0 Å². The molecule has 3 rings (SSSR count). The summed E-state index contributed by atoms with van der Waals surface area (Å²) in [5.41, 5.74) is -0.0765. The van der Waals surface area contributed by atoms with Crippen LogP contribution < -0.4 is 9.80 Å². The monoisotopic (exact) mass is 366 g/mol. The van der Waals surface area contributed by atoms with E-state index in [-0.39, 0.29) is 0 Å². The van der Waals surface area contributed by atoms with Crippen LogP contribution in [0.5, 0.6) is 0 Å². The van der Waals surface area contributed by atoms with Gasteiger partial charge in [0.05, 0.1) is 0 Å². The maximum Gasteiger partial charge on any atom is 0.433 e. The number of nitrogens with zero attached hydrogens (tertiary/aromatic N) is 6. The van der Waals surface area contributed by atoms with Crippen molar-refractivity contribution < 1.29 is 13.2 Å². The highest BCUT2D eigenvalue weighted by Gasteiger charge is 2.32. The van der Waals surface area contributed by atoms with Crippen LogP contribution in [0.3, 0.4) is 0 Å². The van der Waals surface area contributed by atoms with E-state index < -0.39 is 11.9 Å². The molecule has 6 nitrogen and oxygen atoms in total. The van der Waals surface area contributed by atoms with Gasteiger partial charge in [0.1, 0.15) is 5.69 Å². The zero-order chi connectivity index (χ0) is 18.7. The lowest BCUT2D eigenvalue weighted by molar-refractivity contribution is -0.141. The van der Waals surface area contributed by atoms with E-state index in [4.69, 9.17) is 0 Å². The molecule has 0 aliphatic carbocycles. The smallest absolute Gasteiger partial charge is 0.361 e. The van der Waals surface area contributed by atoms with Crippen molar-refractivity contribution in [2.75, 3.05) is 50.1 Å². The third-order valence-electron chi connectivity index (χ3n) is 4.31. The van der Waals surface area contributed by atoms with Gasteiger partial charge in [-0.1, -0.05) is 6.07 Å². The fourth-order valence-corrected chi connectivity index (χ4v) is 2.80. The lowest BCUT2D eigenvalue weighted by Gasteiger charge is -2.35. The second-order valence-electron chi connectivity index (χ2n) is 6.46. The lowest BCUT2D eigenvalue weighted by Crippen LogP contribution is -2.46. The van der Waals surface area contributed by atoms with E-state index in [1.807, 2.05) is 31.1 Å². The molecule has 0 spiro atoms. The van der Waals surface area contributed by atoms with Crippen molar-refractivity contribution in [2.45, 2.75) is 12.7 Å². The first-order valence-electron chi connectivity index (χ1n) is 8.33. The van der Waals surface area contributed by atoms with E-state index >= 15 is 0 Å². The predicted octanol–water partition coefficient (Wildman–Crippen LogP) is 2.28. The maximum absolute atomic E-state index is 12.6. The number of pyridine rings is 1. The van der Waals surface area contributed by atoms with Crippen molar-refractivity contribution in [1.82, 2.24) is 20.1 Å². The van der Waals surface area contributed by atoms with Crippen LogP contribution in [0.15, 0.2) is 30.5 Å². The lowest BCUT2D eigenvalue weighted by atomic mass is 10.2. The summed E-state index contributed by atoms with van der Waals surface area (Å²) in [7, 11) is 3.83. The number of aromatic nitrogens is 3. The summed E-state index contributed by atoms with van der Waals surface area (Å²) in [6.07, 6.45) is -3.09. The van der Waals surface area contributed by atoms with Gasteiger partial charge in [-0.2, -0.15) is 13.2 Å². The van der Waals surface area contributed by atoms with Crippen LogP contribution in [0.1, 0.15) is 11.3 Å². The first-order valence-corrected chi connectivity index (χ1v) is 8.33. The average molecular weight is 366 g/mol. The Kier molecular flexibility index (Phi) is 5.26. The first kappa shape index (κ1) is 18.4. The number of hydrogen-bond acceptors (Lipinski definition) is 6. The quantitative estimate of drug-likeness (QED) is 0.828. The molecule has 0 bridgehead atoms. The minimum atomic E-state index is -4.40. The second-order valence-corrected chi connectivity index (χ2v) is 6.46. The van der Waals surface area contributed by atoms with Crippen molar-refractivity contribution in [3.63, 3.8) is 0 Å². The Morgan fingerprint density at radius 3 is 2.23 bits per heavy atom. The minimum absolute atomic E-state index is 0.588. The highest BCUT2D eigenvalue weighted by Crippen LogP contribution is 2.27. The molecular weight excluding hydrogens is 345 g/mol. The number of rotatable bonds is 4. The van der Waals surface area contributed by atoms with Crippen LogP contribution in [0.4, 0.5) is 24.8 Å². The molecule has 0 atom stereocenters. The Hall–Kier alpha value is -2.42. The topological polar surface area (TPSA) is 48.4 Å². The first-order chi connectivity index (χ1) is 12.3. The van der Waals surface area contributed by atoms with Crippen molar-refractivity contribution in [2.24, 2.45) is 0 Å². The summed E-state index contributed by atoms with van der Waals surface area (Å²) in [5, 5.41) is 8.45. The Morgan fingerprint density at radius 2 is 1.73 bits per heavy atom. The molecule has 1 aliphatic heterocycles. The molecule has 0 amide bonds. The van der Waals surface area contributed by atoms with Crippen LogP contribution in [0.25, 0.3) is 0 Å². The van der Waals surface area contributed by atoms with Crippen molar-refractivity contribution in [3.05, 3.63) is 41.7 Å². The van der Waals surface area contributed by atoms with E-state index in [1.165, 1.54) is 12.3 Å². The van der Waals surface area contributed by atoms with Crippen LogP contribution in [-0.2, 0) is 12.7 Å². The Labute approximate surface area is 150 Å². The largest absolute Gasteiger partial charge is 0.433 e. The van der Waals surface area contributed by atoms with Crippen LogP contribution >= 0.6 is 0 Å². The van der Waals surface area contributed by atoms with Gasteiger partial charge >= 0.3 is 6.18 Å². The fraction of sp³-hybridized carbons (Fsp3) is 0.471. The minimum Gasteiger partial charge on any atom is -0.361 e. The molecule has 1 aliphatic rings. The van der Waals surface area contributed by atoms with Gasteiger partial charge in [-0.3, -0.25) is 9.88 Å². The number of anilines is 2. The second kappa shape index (κ2) is 7.45. The highest BCUT2D eigenvalue weighted by molar-refractivity contribution is 5.44. The molecule has 0 radical (unpaired) electrons. The number of piperazine rings is 1. The molecule has 0 unspecified atom stereocenters. The van der Waals surface area contributed by atoms with E-state index in [0.717, 1.165) is 49.4 Å². The molecule has 3 heterocycles. The van der Waals surface area contributed by atoms with Crippen molar-refractivity contribution in [3.8, 4) is 0 Å². The molecule has 0 N–H and O–H groups in total. The summed E-state index contributed by atoms with van der Waals surface area (Å²) in [6, 6.07) is 6.42. The average Bonchev–Trinajstić information content (AvgIpc) is 2.62. The fourth-order valence-electron chi connectivity index (χ4n) is 2.80. The Morgan fingerprint density at radius 1 is 1.00 bits per heavy atom. The van der Waals surface area contributed by atoms with E-state index in [0.29, 0.717) is 6.54 Å². The van der Waals surface area contributed by atoms with E-state index in [9.17, 15) is 13.2 Å². The molecule has 26 heavy (non-hydrogen) atoms. The van der Waals surface area contributed by atoms with Gasteiger partial charge in [0, 0.05) is 53.0 Å². The molecule has 9 heteroatoms. The summed E-state index contributed by atoms with van der Waals surface area (Å²) < 4.78 is 37.7. The zero-order valence-corrected chi connectivity index (χ0v) is 14.7. The normalized spacial score (nSPS) is 16.0. The molecule has 1 saturated heterocycles. The molecule has 140 valence electrons.